The number of fused-ring (bicyclic) bond motifs is 2. The van der Waals surface area contributed by atoms with Gasteiger partial charge in [-0.1, -0.05) is 12.1 Å². The minimum atomic E-state index is 0.316. The summed E-state index contributed by atoms with van der Waals surface area (Å²) >= 11 is 1.68. The Morgan fingerprint density at radius 1 is 1.30 bits per heavy atom. The van der Waals surface area contributed by atoms with E-state index in [1.54, 1.807) is 17.5 Å². The molecule has 0 spiro atoms. The van der Waals surface area contributed by atoms with Gasteiger partial charge in [-0.25, -0.2) is 9.97 Å². The van der Waals surface area contributed by atoms with Crippen molar-refractivity contribution in [3.8, 4) is 0 Å². The first kappa shape index (κ1) is 16.6. The van der Waals surface area contributed by atoms with Crippen molar-refractivity contribution < 1.29 is 4.42 Å². The highest BCUT2D eigenvalue weighted by molar-refractivity contribution is 7.16. The van der Waals surface area contributed by atoms with Crippen LogP contribution in [0.1, 0.15) is 41.4 Å². The predicted octanol–water partition coefficient (Wildman–Crippen LogP) is 4.39. The van der Waals surface area contributed by atoms with E-state index >= 15 is 0 Å². The number of oxazole rings is 1. The van der Waals surface area contributed by atoms with Crippen molar-refractivity contribution in [2.24, 2.45) is 0 Å². The lowest BCUT2D eigenvalue weighted by atomic mass is 10.0. The summed E-state index contributed by atoms with van der Waals surface area (Å²) in [6.45, 7) is 4.04. The van der Waals surface area contributed by atoms with Crippen molar-refractivity contribution in [1.29, 1.82) is 0 Å². The van der Waals surface area contributed by atoms with Crippen LogP contribution in [-0.4, -0.2) is 26.4 Å². The Labute approximate surface area is 161 Å². The van der Waals surface area contributed by atoms with Gasteiger partial charge in [0.25, 0.3) is 0 Å². The molecule has 5 rings (SSSR count). The van der Waals surface area contributed by atoms with Gasteiger partial charge in [0.1, 0.15) is 5.76 Å². The molecule has 4 aromatic rings. The summed E-state index contributed by atoms with van der Waals surface area (Å²) in [6, 6.07) is 10.9. The molecule has 0 bridgehead atoms. The number of rotatable bonds is 4. The van der Waals surface area contributed by atoms with E-state index in [0.717, 1.165) is 47.9 Å². The van der Waals surface area contributed by atoms with E-state index in [0.29, 0.717) is 12.5 Å². The normalized spacial score (nSPS) is 15.7. The van der Waals surface area contributed by atoms with Gasteiger partial charge in [0.2, 0.25) is 0 Å². The number of benzene rings is 1. The second-order valence-corrected chi connectivity index (χ2v) is 7.88. The lowest BCUT2D eigenvalue weighted by molar-refractivity contribution is 0.173. The van der Waals surface area contributed by atoms with E-state index in [4.69, 9.17) is 9.40 Å². The summed E-state index contributed by atoms with van der Waals surface area (Å²) in [4.78, 5) is 15.8. The summed E-state index contributed by atoms with van der Waals surface area (Å²) in [6.07, 6.45) is 5.27. The molecule has 4 heterocycles. The second kappa shape index (κ2) is 6.87. The van der Waals surface area contributed by atoms with Crippen LogP contribution in [0.2, 0.25) is 0 Å². The van der Waals surface area contributed by atoms with E-state index in [2.05, 4.69) is 46.1 Å². The zero-order valence-electron chi connectivity index (χ0n) is 15.1. The summed E-state index contributed by atoms with van der Waals surface area (Å²) < 4.78 is 7.33. The Morgan fingerprint density at radius 3 is 3.15 bits per heavy atom. The molecule has 0 fully saturated rings. The number of aromatic nitrogens is 3. The second-order valence-electron chi connectivity index (χ2n) is 6.99. The van der Waals surface area contributed by atoms with Gasteiger partial charge in [0.05, 0.1) is 34.4 Å². The lowest BCUT2D eigenvalue weighted by Gasteiger charge is -2.31. The standard InChI is InChI=1S/C21H20N4OS/c1-14(16-4-5-20-18(10-16)23-13-27-20)25-8-6-17-19(12-25)26-21(24-17)9-15-3-2-7-22-11-15/h2-5,7,10-11,13-14H,6,8-9,12H2,1H3. The molecular formula is C21H20N4OS. The first-order chi connectivity index (χ1) is 13.3. The van der Waals surface area contributed by atoms with Crippen molar-refractivity contribution in [2.45, 2.75) is 32.4 Å². The molecule has 27 heavy (non-hydrogen) atoms. The van der Waals surface area contributed by atoms with Crippen LogP contribution in [0.15, 0.2) is 52.7 Å². The smallest absolute Gasteiger partial charge is 0.199 e. The van der Waals surface area contributed by atoms with Gasteiger partial charge in [0.15, 0.2) is 5.89 Å². The molecule has 1 aromatic carbocycles. The summed E-state index contributed by atoms with van der Waals surface area (Å²) in [5.74, 6) is 1.79. The largest absolute Gasteiger partial charge is 0.444 e. The highest BCUT2D eigenvalue weighted by Gasteiger charge is 2.26. The van der Waals surface area contributed by atoms with Gasteiger partial charge >= 0.3 is 0 Å². The van der Waals surface area contributed by atoms with Crippen molar-refractivity contribution in [3.05, 3.63) is 76.7 Å². The Balaban J connectivity index is 1.34. The van der Waals surface area contributed by atoms with Gasteiger partial charge in [0, 0.05) is 31.4 Å². The average Bonchev–Trinajstić information content (AvgIpc) is 3.33. The quantitative estimate of drug-likeness (QED) is 0.529. The molecular weight excluding hydrogens is 356 g/mol. The number of pyridine rings is 1. The molecule has 5 nitrogen and oxygen atoms in total. The van der Waals surface area contributed by atoms with Crippen LogP contribution < -0.4 is 0 Å². The summed E-state index contributed by atoms with van der Waals surface area (Å²) in [5, 5.41) is 0. The van der Waals surface area contributed by atoms with Crippen molar-refractivity contribution in [2.75, 3.05) is 6.54 Å². The van der Waals surface area contributed by atoms with Gasteiger partial charge in [-0.15, -0.1) is 11.3 Å². The van der Waals surface area contributed by atoms with Crippen LogP contribution in [0.5, 0.6) is 0 Å². The molecule has 1 atom stereocenters. The molecule has 3 aromatic heterocycles. The Morgan fingerprint density at radius 2 is 2.26 bits per heavy atom. The Kier molecular flexibility index (Phi) is 4.22. The van der Waals surface area contributed by atoms with Crippen LogP contribution in [0.3, 0.4) is 0 Å². The molecule has 1 aliphatic heterocycles. The van der Waals surface area contributed by atoms with E-state index in [1.807, 2.05) is 17.8 Å². The fourth-order valence-electron chi connectivity index (χ4n) is 3.70. The van der Waals surface area contributed by atoms with Gasteiger partial charge in [-0.05, 0) is 36.2 Å². The molecule has 0 saturated carbocycles. The predicted molar refractivity (Wildman–Crippen MR) is 106 cm³/mol. The van der Waals surface area contributed by atoms with E-state index < -0.39 is 0 Å². The maximum atomic E-state index is 6.09. The van der Waals surface area contributed by atoms with Crippen LogP contribution in [0.4, 0.5) is 0 Å². The maximum absolute atomic E-state index is 6.09. The van der Waals surface area contributed by atoms with Crippen LogP contribution >= 0.6 is 11.3 Å². The zero-order chi connectivity index (χ0) is 18.2. The van der Waals surface area contributed by atoms with E-state index in [9.17, 15) is 0 Å². The first-order valence-corrected chi connectivity index (χ1v) is 10.1. The molecule has 6 heteroatoms. The molecule has 1 unspecified atom stereocenters. The Bertz CT molecular complexity index is 1070. The lowest BCUT2D eigenvalue weighted by Crippen LogP contribution is -2.32. The van der Waals surface area contributed by atoms with Crippen molar-refractivity contribution in [1.82, 2.24) is 19.9 Å². The molecule has 0 radical (unpaired) electrons. The summed E-state index contributed by atoms with van der Waals surface area (Å²) in [7, 11) is 0. The van der Waals surface area contributed by atoms with Gasteiger partial charge in [-0.3, -0.25) is 9.88 Å². The molecule has 0 N–H and O–H groups in total. The Hall–Kier alpha value is -2.57. The number of nitrogens with zero attached hydrogens (tertiary/aromatic N) is 4. The number of thiazole rings is 1. The molecule has 0 amide bonds. The third-order valence-corrected chi connectivity index (χ3v) is 6.08. The minimum Gasteiger partial charge on any atom is -0.444 e. The van der Waals surface area contributed by atoms with E-state index in [1.165, 1.54) is 10.3 Å². The van der Waals surface area contributed by atoms with Crippen LogP contribution in [0.25, 0.3) is 10.2 Å². The number of hydrogen-bond donors (Lipinski definition) is 0. The summed E-state index contributed by atoms with van der Waals surface area (Å²) in [5.41, 5.74) is 6.52. The minimum absolute atomic E-state index is 0.316. The fourth-order valence-corrected chi connectivity index (χ4v) is 4.36. The third-order valence-electron chi connectivity index (χ3n) is 5.27. The van der Waals surface area contributed by atoms with Crippen molar-refractivity contribution >= 4 is 21.6 Å². The average molecular weight is 376 g/mol. The molecule has 136 valence electrons. The molecule has 0 aliphatic carbocycles. The fraction of sp³-hybridized carbons (Fsp3) is 0.286. The van der Waals surface area contributed by atoms with Gasteiger partial charge < -0.3 is 4.42 Å². The third kappa shape index (κ3) is 3.26. The van der Waals surface area contributed by atoms with Crippen molar-refractivity contribution in [3.63, 3.8) is 0 Å². The van der Waals surface area contributed by atoms with Crippen LogP contribution in [-0.2, 0) is 19.4 Å². The van der Waals surface area contributed by atoms with E-state index in [-0.39, 0.29) is 0 Å². The topological polar surface area (TPSA) is 55.1 Å². The highest BCUT2D eigenvalue weighted by atomic mass is 32.1. The molecule has 1 aliphatic rings. The SMILES string of the molecule is CC(c1ccc2scnc2c1)N1CCc2nc(Cc3cccnc3)oc2C1. The number of hydrogen-bond acceptors (Lipinski definition) is 6. The van der Waals surface area contributed by atoms with Gasteiger partial charge in [-0.2, -0.15) is 0 Å². The molecule has 0 saturated heterocycles. The maximum Gasteiger partial charge on any atom is 0.199 e. The first-order valence-electron chi connectivity index (χ1n) is 9.20. The highest BCUT2D eigenvalue weighted by Crippen LogP contribution is 2.30. The zero-order valence-corrected chi connectivity index (χ0v) is 15.9. The van der Waals surface area contributed by atoms with Crippen LogP contribution in [0, 0.1) is 0 Å². The monoisotopic (exact) mass is 376 g/mol.